The summed E-state index contributed by atoms with van der Waals surface area (Å²) in [5, 5.41) is 6.37. The van der Waals surface area contributed by atoms with Crippen LogP contribution in [0.3, 0.4) is 0 Å². The molecule has 0 saturated carbocycles. The van der Waals surface area contributed by atoms with Crippen LogP contribution in [0.25, 0.3) is 11.0 Å². The fourth-order valence-electron chi connectivity index (χ4n) is 4.40. The Morgan fingerprint density at radius 2 is 1.73 bits per heavy atom. The van der Waals surface area contributed by atoms with Crippen LogP contribution in [-0.2, 0) is 4.79 Å². The van der Waals surface area contributed by atoms with Gasteiger partial charge in [0.2, 0.25) is 5.95 Å². The molecule has 166 valence electrons. The molecule has 1 aliphatic rings. The average molecular weight is 441 g/mol. The minimum Gasteiger partial charge on any atom is -0.493 e. The van der Waals surface area contributed by atoms with Crippen molar-refractivity contribution < 1.29 is 14.3 Å². The molecular weight excluding hydrogens is 416 g/mol. The zero-order chi connectivity index (χ0) is 22.9. The second kappa shape index (κ2) is 8.35. The Balaban J connectivity index is 1.74. The number of nitrogens with zero attached hydrogens (tertiary/aromatic N) is 2. The van der Waals surface area contributed by atoms with Crippen molar-refractivity contribution >= 4 is 28.6 Å². The van der Waals surface area contributed by atoms with Crippen molar-refractivity contribution in [2.45, 2.75) is 13.0 Å². The van der Waals surface area contributed by atoms with Crippen molar-refractivity contribution in [3.05, 3.63) is 89.6 Å². The van der Waals surface area contributed by atoms with Gasteiger partial charge in [-0.2, -0.15) is 0 Å². The summed E-state index contributed by atoms with van der Waals surface area (Å²) in [6, 6.07) is 22.5. The molecule has 0 unspecified atom stereocenters. The van der Waals surface area contributed by atoms with Crippen LogP contribution < -0.4 is 20.1 Å². The molecule has 2 heterocycles. The van der Waals surface area contributed by atoms with E-state index in [4.69, 9.17) is 14.5 Å². The predicted octanol–water partition coefficient (Wildman–Crippen LogP) is 4.98. The van der Waals surface area contributed by atoms with Crippen LogP contribution in [0.2, 0.25) is 0 Å². The van der Waals surface area contributed by atoms with Gasteiger partial charge in [-0.1, -0.05) is 42.5 Å². The van der Waals surface area contributed by atoms with Crippen LogP contribution in [0.1, 0.15) is 18.5 Å². The number of hydrogen-bond donors (Lipinski definition) is 2. The van der Waals surface area contributed by atoms with Crippen molar-refractivity contribution in [1.29, 1.82) is 0 Å². The van der Waals surface area contributed by atoms with E-state index in [1.807, 2.05) is 84.3 Å². The average Bonchev–Trinajstić information content (AvgIpc) is 3.21. The van der Waals surface area contributed by atoms with Crippen molar-refractivity contribution in [2.75, 3.05) is 24.9 Å². The van der Waals surface area contributed by atoms with Gasteiger partial charge in [-0.15, -0.1) is 0 Å². The summed E-state index contributed by atoms with van der Waals surface area (Å²) >= 11 is 0. The lowest BCUT2D eigenvalue weighted by Gasteiger charge is -2.31. The Morgan fingerprint density at radius 3 is 2.48 bits per heavy atom. The van der Waals surface area contributed by atoms with Crippen LogP contribution in [-0.4, -0.2) is 29.7 Å². The van der Waals surface area contributed by atoms with E-state index in [0.717, 1.165) is 28.0 Å². The first-order chi connectivity index (χ1) is 16.1. The molecule has 7 heteroatoms. The molecule has 4 aromatic rings. The van der Waals surface area contributed by atoms with Gasteiger partial charge < -0.3 is 20.1 Å². The minimum atomic E-state index is -0.484. The highest BCUT2D eigenvalue weighted by Crippen LogP contribution is 2.45. The van der Waals surface area contributed by atoms with E-state index in [-0.39, 0.29) is 5.91 Å². The van der Waals surface area contributed by atoms with Crippen molar-refractivity contribution in [1.82, 2.24) is 9.55 Å². The van der Waals surface area contributed by atoms with Crippen molar-refractivity contribution in [3.8, 4) is 11.5 Å². The van der Waals surface area contributed by atoms with E-state index in [1.54, 1.807) is 14.2 Å². The number of anilines is 2. The highest BCUT2D eigenvalue weighted by Gasteiger charge is 2.36. The summed E-state index contributed by atoms with van der Waals surface area (Å²) in [4.78, 5) is 18.4. The maximum Gasteiger partial charge on any atom is 0.255 e. The van der Waals surface area contributed by atoms with Gasteiger partial charge in [0.25, 0.3) is 5.91 Å². The van der Waals surface area contributed by atoms with E-state index >= 15 is 0 Å². The highest BCUT2D eigenvalue weighted by molar-refractivity contribution is 6.06. The number of imidazole rings is 1. The molecule has 0 spiro atoms. The summed E-state index contributed by atoms with van der Waals surface area (Å²) < 4.78 is 13.4. The van der Waals surface area contributed by atoms with Gasteiger partial charge >= 0.3 is 0 Å². The number of fused-ring (bicyclic) bond motifs is 3. The topological polar surface area (TPSA) is 77.4 Å². The predicted molar refractivity (Wildman–Crippen MR) is 129 cm³/mol. The van der Waals surface area contributed by atoms with E-state index in [2.05, 4.69) is 10.6 Å². The molecule has 1 atom stereocenters. The van der Waals surface area contributed by atoms with Crippen LogP contribution in [0.5, 0.6) is 11.5 Å². The molecule has 7 nitrogen and oxygen atoms in total. The number of carbonyl (C=O) groups excluding carboxylic acids is 1. The first-order valence-corrected chi connectivity index (χ1v) is 10.6. The molecule has 0 radical (unpaired) electrons. The van der Waals surface area contributed by atoms with Gasteiger partial charge in [0.15, 0.2) is 11.5 Å². The van der Waals surface area contributed by atoms with E-state index in [0.29, 0.717) is 23.0 Å². The number of nitrogens with one attached hydrogen (secondary N) is 2. The molecule has 1 amide bonds. The van der Waals surface area contributed by atoms with Gasteiger partial charge in [0.05, 0.1) is 36.9 Å². The van der Waals surface area contributed by atoms with Gasteiger partial charge in [0, 0.05) is 16.9 Å². The summed E-state index contributed by atoms with van der Waals surface area (Å²) in [6.07, 6.45) is 0. The Labute approximate surface area is 191 Å². The first kappa shape index (κ1) is 20.6. The smallest absolute Gasteiger partial charge is 0.255 e. The molecule has 0 fully saturated rings. The number of ether oxygens (including phenoxy) is 2. The van der Waals surface area contributed by atoms with E-state index < -0.39 is 6.04 Å². The molecule has 3 aromatic carbocycles. The Hall–Kier alpha value is -4.26. The van der Waals surface area contributed by atoms with E-state index in [9.17, 15) is 4.79 Å². The number of rotatable bonds is 5. The fourth-order valence-corrected chi connectivity index (χ4v) is 4.40. The summed E-state index contributed by atoms with van der Waals surface area (Å²) in [6.45, 7) is 1.89. The van der Waals surface area contributed by atoms with Crippen LogP contribution in [0, 0.1) is 0 Å². The third-order valence-electron chi connectivity index (χ3n) is 5.84. The number of aromatic nitrogens is 2. The number of carbonyl (C=O) groups is 1. The number of benzene rings is 3. The Morgan fingerprint density at radius 1 is 0.970 bits per heavy atom. The maximum absolute atomic E-state index is 13.7. The SMILES string of the molecule is COc1cccc([C@@H]2C(C(=O)Nc3ccccc3)=C(C)Nc3nc4ccccc4n32)c1OC. The van der Waals surface area contributed by atoms with Crippen molar-refractivity contribution in [3.63, 3.8) is 0 Å². The second-order valence-corrected chi connectivity index (χ2v) is 7.76. The third kappa shape index (κ3) is 3.47. The highest BCUT2D eigenvalue weighted by atomic mass is 16.5. The molecular formula is C26H24N4O3. The number of allylic oxidation sites excluding steroid dienone is 1. The second-order valence-electron chi connectivity index (χ2n) is 7.76. The molecule has 1 aliphatic heterocycles. The van der Waals surface area contributed by atoms with Gasteiger partial charge in [-0.05, 0) is 37.3 Å². The fraction of sp³-hybridized carbons (Fsp3) is 0.154. The first-order valence-electron chi connectivity index (χ1n) is 10.6. The maximum atomic E-state index is 13.7. The third-order valence-corrected chi connectivity index (χ3v) is 5.84. The molecule has 5 rings (SSSR count). The summed E-state index contributed by atoms with van der Waals surface area (Å²) in [7, 11) is 3.21. The number of hydrogen-bond acceptors (Lipinski definition) is 5. The molecule has 0 saturated heterocycles. The largest absolute Gasteiger partial charge is 0.493 e. The van der Waals surface area contributed by atoms with Gasteiger partial charge in [-0.3, -0.25) is 9.36 Å². The quantitative estimate of drug-likeness (QED) is 0.458. The van der Waals surface area contributed by atoms with Crippen LogP contribution in [0.4, 0.5) is 11.6 Å². The molecule has 1 aromatic heterocycles. The van der Waals surface area contributed by atoms with Gasteiger partial charge in [0.1, 0.15) is 0 Å². The number of methoxy groups -OCH3 is 2. The Bertz CT molecular complexity index is 1380. The monoisotopic (exact) mass is 440 g/mol. The minimum absolute atomic E-state index is 0.204. The molecule has 33 heavy (non-hydrogen) atoms. The normalized spacial score (nSPS) is 15.1. The van der Waals surface area contributed by atoms with Crippen LogP contribution in [0.15, 0.2) is 84.1 Å². The standard InChI is InChI=1S/C26H24N4O3/c1-16-22(25(31)28-17-10-5-4-6-11-17)23(18-12-9-15-21(32-2)24(18)33-3)30-20-14-8-7-13-19(20)29-26(30)27-16/h4-15,23H,1-3H3,(H,27,29)(H,28,31)/t23-/m1/s1. The lowest BCUT2D eigenvalue weighted by molar-refractivity contribution is -0.113. The molecule has 0 aliphatic carbocycles. The van der Waals surface area contributed by atoms with Gasteiger partial charge in [-0.25, -0.2) is 4.98 Å². The Kier molecular flexibility index (Phi) is 5.22. The number of para-hydroxylation sites is 4. The van der Waals surface area contributed by atoms with E-state index in [1.165, 1.54) is 0 Å². The summed E-state index contributed by atoms with van der Waals surface area (Å²) in [5.74, 6) is 1.64. The molecule has 0 bridgehead atoms. The number of amides is 1. The molecule has 2 N–H and O–H groups in total. The zero-order valence-corrected chi connectivity index (χ0v) is 18.6. The lowest BCUT2D eigenvalue weighted by atomic mass is 9.93. The summed E-state index contributed by atoms with van der Waals surface area (Å²) in [5.41, 5.74) is 4.57. The van der Waals surface area contributed by atoms with Crippen molar-refractivity contribution in [2.24, 2.45) is 0 Å². The zero-order valence-electron chi connectivity index (χ0n) is 18.6. The lowest BCUT2D eigenvalue weighted by Crippen LogP contribution is -2.31. The van der Waals surface area contributed by atoms with Crippen LogP contribution >= 0.6 is 0 Å².